The fourth-order valence-electron chi connectivity index (χ4n) is 2.47. The highest BCUT2D eigenvalue weighted by molar-refractivity contribution is 5.75. The first-order valence-electron chi connectivity index (χ1n) is 7.03. The van der Waals surface area contributed by atoms with Crippen molar-refractivity contribution in [1.82, 2.24) is 5.32 Å². The Bertz CT molecular complexity index is 298. The molecule has 0 aromatic rings. The monoisotopic (exact) mass is 296 g/mol. The molecule has 0 aliphatic heterocycles. The van der Waals surface area contributed by atoms with Gasteiger partial charge in [0, 0.05) is 19.0 Å². The van der Waals surface area contributed by atoms with Gasteiger partial charge in [-0.2, -0.15) is 13.2 Å². The maximum atomic E-state index is 11.8. The molecule has 7 heteroatoms. The second-order valence-corrected chi connectivity index (χ2v) is 5.35. The van der Waals surface area contributed by atoms with Crippen molar-refractivity contribution in [3.8, 4) is 0 Å². The number of carbonyl (C=O) groups is 1. The number of halogens is 3. The summed E-state index contributed by atoms with van der Waals surface area (Å²) in [5.74, 6) is 0.353. The van der Waals surface area contributed by atoms with Crippen LogP contribution in [0.5, 0.6) is 0 Å². The van der Waals surface area contributed by atoms with Gasteiger partial charge in [0.15, 0.2) is 0 Å². The van der Waals surface area contributed by atoms with Crippen LogP contribution < -0.4 is 11.1 Å². The van der Waals surface area contributed by atoms with Gasteiger partial charge in [0.1, 0.15) is 6.61 Å². The van der Waals surface area contributed by atoms with E-state index in [0.29, 0.717) is 12.3 Å². The van der Waals surface area contributed by atoms with E-state index >= 15 is 0 Å². The molecule has 118 valence electrons. The van der Waals surface area contributed by atoms with Crippen molar-refractivity contribution in [1.29, 1.82) is 0 Å². The van der Waals surface area contributed by atoms with Crippen LogP contribution >= 0.6 is 0 Å². The fourth-order valence-corrected chi connectivity index (χ4v) is 2.47. The molecule has 0 bridgehead atoms. The molecule has 1 aliphatic rings. The van der Waals surface area contributed by atoms with Gasteiger partial charge >= 0.3 is 6.18 Å². The van der Waals surface area contributed by atoms with Crippen LogP contribution in [0, 0.1) is 5.92 Å². The highest BCUT2D eigenvalue weighted by Gasteiger charge is 2.27. The van der Waals surface area contributed by atoms with Crippen LogP contribution in [0.3, 0.4) is 0 Å². The van der Waals surface area contributed by atoms with Crippen LogP contribution in [0.2, 0.25) is 0 Å². The van der Waals surface area contributed by atoms with E-state index in [9.17, 15) is 18.0 Å². The molecule has 0 radical (unpaired) electrons. The Morgan fingerprint density at radius 3 is 2.75 bits per heavy atom. The molecule has 20 heavy (non-hydrogen) atoms. The smallest absolute Gasteiger partial charge is 0.370 e. The topological polar surface area (TPSA) is 64.4 Å². The highest BCUT2D eigenvalue weighted by atomic mass is 19.4. The van der Waals surface area contributed by atoms with Gasteiger partial charge in [-0.15, -0.1) is 0 Å². The quantitative estimate of drug-likeness (QED) is 0.706. The third-order valence-corrected chi connectivity index (χ3v) is 3.44. The second kappa shape index (κ2) is 8.46. The lowest BCUT2D eigenvalue weighted by Gasteiger charge is -2.26. The molecule has 1 aliphatic carbocycles. The largest absolute Gasteiger partial charge is 0.411 e. The Morgan fingerprint density at radius 2 is 2.10 bits per heavy atom. The Morgan fingerprint density at radius 1 is 1.35 bits per heavy atom. The van der Waals surface area contributed by atoms with Gasteiger partial charge in [0.25, 0.3) is 0 Å². The zero-order valence-electron chi connectivity index (χ0n) is 11.5. The van der Waals surface area contributed by atoms with E-state index in [1.54, 1.807) is 0 Å². The van der Waals surface area contributed by atoms with Crippen molar-refractivity contribution in [2.24, 2.45) is 11.7 Å². The Hall–Kier alpha value is -0.820. The molecule has 0 saturated heterocycles. The van der Waals surface area contributed by atoms with Crippen LogP contribution in [0.1, 0.15) is 38.5 Å². The molecule has 3 N–H and O–H groups in total. The summed E-state index contributed by atoms with van der Waals surface area (Å²) >= 11 is 0. The SMILES string of the molecule is NC1CCCC(CCC(=O)NCCOCC(F)(F)F)C1. The van der Waals surface area contributed by atoms with Crippen LogP contribution in [-0.2, 0) is 9.53 Å². The van der Waals surface area contributed by atoms with Crippen molar-refractivity contribution in [2.75, 3.05) is 19.8 Å². The minimum absolute atomic E-state index is 0.110. The van der Waals surface area contributed by atoms with Gasteiger partial charge in [-0.1, -0.05) is 12.8 Å². The van der Waals surface area contributed by atoms with Crippen LogP contribution in [0.25, 0.3) is 0 Å². The number of carbonyl (C=O) groups excluding carboxylic acids is 1. The number of amides is 1. The van der Waals surface area contributed by atoms with E-state index in [0.717, 1.165) is 32.1 Å². The van der Waals surface area contributed by atoms with E-state index in [-0.39, 0.29) is 25.1 Å². The molecule has 1 amide bonds. The third-order valence-electron chi connectivity index (χ3n) is 3.44. The zero-order chi connectivity index (χ0) is 15.0. The molecule has 0 heterocycles. The second-order valence-electron chi connectivity index (χ2n) is 5.35. The molecule has 1 saturated carbocycles. The lowest BCUT2D eigenvalue weighted by Crippen LogP contribution is -2.31. The van der Waals surface area contributed by atoms with Crippen LogP contribution in [-0.4, -0.2) is 37.9 Å². The number of alkyl halides is 3. The average molecular weight is 296 g/mol. The first-order valence-corrected chi connectivity index (χ1v) is 7.03. The number of nitrogens with two attached hydrogens (primary N) is 1. The number of hydrogen-bond donors (Lipinski definition) is 2. The number of hydrogen-bond acceptors (Lipinski definition) is 3. The molecule has 2 atom stereocenters. The average Bonchev–Trinajstić information content (AvgIpc) is 2.35. The normalized spacial score (nSPS) is 23.6. The van der Waals surface area contributed by atoms with E-state index in [1.165, 1.54) is 0 Å². The van der Waals surface area contributed by atoms with Crippen LogP contribution in [0.4, 0.5) is 13.2 Å². The van der Waals surface area contributed by atoms with E-state index in [4.69, 9.17) is 5.73 Å². The zero-order valence-corrected chi connectivity index (χ0v) is 11.5. The summed E-state index contributed by atoms with van der Waals surface area (Å²) < 4.78 is 39.7. The van der Waals surface area contributed by atoms with Crippen molar-refractivity contribution in [2.45, 2.75) is 50.7 Å². The molecule has 1 fully saturated rings. The van der Waals surface area contributed by atoms with Gasteiger partial charge in [0.2, 0.25) is 5.91 Å². The Balaban J connectivity index is 2.00. The van der Waals surface area contributed by atoms with Gasteiger partial charge in [-0.25, -0.2) is 0 Å². The minimum atomic E-state index is -4.32. The summed E-state index contributed by atoms with van der Waals surface area (Å²) in [6, 6.07) is 0.243. The predicted octanol–water partition coefficient (Wildman–Crippen LogP) is 1.98. The van der Waals surface area contributed by atoms with E-state index in [2.05, 4.69) is 10.1 Å². The number of nitrogens with one attached hydrogen (secondary N) is 1. The standard InChI is InChI=1S/C13H23F3N2O2/c14-13(15,16)9-20-7-6-18-12(19)5-4-10-2-1-3-11(17)8-10/h10-11H,1-9,17H2,(H,18,19). The Kier molecular flexibility index (Phi) is 7.29. The summed E-state index contributed by atoms with van der Waals surface area (Å²) in [5, 5.41) is 2.56. The summed E-state index contributed by atoms with van der Waals surface area (Å²) in [7, 11) is 0. The summed E-state index contributed by atoms with van der Waals surface area (Å²) in [4.78, 5) is 11.5. The molecule has 4 nitrogen and oxygen atoms in total. The van der Waals surface area contributed by atoms with Crippen molar-refractivity contribution >= 4 is 5.91 Å². The van der Waals surface area contributed by atoms with Gasteiger partial charge in [-0.05, 0) is 25.2 Å². The van der Waals surface area contributed by atoms with Crippen molar-refractivity contribution in [3.63, 3.8) is 0 Å². The molecular weight excluding hydrogens is 273 g/mol. The molecule has 0 aromatic carbocycles. The first kappa shape index (κ1) is 17.2. The number of rotatable bonds is 7. The molecule has 0 aromatic heterocycles. The van der Waals surface area contributed by atoms with Gasteiger partial charge in [0.05, 0.1) is 6.61 Å². The van der Waals surface area contributed by atoms with Crippen molar-refractivity contribution in [3.05, 3.63) is 0 Å². The minimum Gasteiger partial charge on any atom is -0.370 e. The van der Waals surface area contributed by atoms with Gasteiger partial charge in [-0.3, -0.25) is 4.79 Å². The summed E-state index contributed by atoms with van der Waals surface area (Å²) in [6.45, 7) is -1.29. The van der Waals surface area contributed by atoms with Crippen LogP contribution in [0.15, 0.2) is 0 Å². The van der Waals surface area contributed by atoms with E-state index < -0.39 is 12.8 Å². The summed E-state index contributed by atoms with van der Waals surface area (Å²) in [6.07, 6.45) is 1.11. The highest BCUT2D eigenvalue weighted by Crippen LogP contribution is 2.26. The third kappa shape index (κ3) is 8.37. The molecular formula is C13H23F3N2O2. The van der Waals surface area contributed by atoms with E-state index in [1.807, 2.05) is 0 Å². The fraction of sp³-hybridized carbons (Fsp3) is 0.923. The lowest BCUT2D eigenvalue weighted by molar-refractivity contribution is -0.173. The summed E-state index contributed by atoms with van der Waals surface area (Å²) in [5.41, 5.74) is 5.87. The molecule has 2 unspecified atom stereocenters. The first-order chi connectivity index (χ1) is 9.37. The molecule has 0 spiro atoms. The molecule has 1 rings (SSSR count). The number of ether oxygens (including phenoxy) is 1. The maximum absolute atomic E-state index is 11.8. The lowest BCUT2D eigenvalue weighted by atomic mass is 9.83. The Labute approximate surface area is 117 Å². The predicted molar refractivity (Wildman–Crippen MR) is 69.1 cm³/mol. The van der Waals surface area contributed by atoms with Gasteiger partial charge < -0.3 is 15.8 Å². The maximum Gasteiger partial charge on any atom is 0.411 e. The van der Waals surface area contributed by atoms with Crippen molar-refractivity contribution < 1.29 is 22.7 Å².